The summed E-state index contributed by atoms with van der Waals surface area (Å²) in [5.41, 5.74) is 0. The van der Waals surface area contributed by atoms with Crippen LogP contribution in [0.25, 0.3) is 0 Å². The van der Waals surface area contributed by atoms with Gasteiger partial charge in [-0.25, -0.2) is 5.06 Å². The molecule has 1 heterocycles. The summed E-state index contributed by atoms with van der Waals surface area (Å²) in [6, 6.07) is 0. The van der Waals surface area contributed by atoms with Gasteiger partial charge in [-0.05, 0) is 31.7 Å². The average Bonchev–Trinajstić information content (AvgIpc) is 2.80. The number of carbonyl (C=O) groups excluding carboxylic acids is 1. The van der Waals surface area contributed by atoms with E-state index in [1.165, 1.54) is 17.9 Å². The molecule has 1 saturated heterocycles. The summed E-state index contributed by atoms with van der Waals surface area (Å²) in [4.78, 5) is 16.5. The highest BCUT2D eigenvalue weighted by molar-refractivity contribution is 5.77. The standard InChI is InChI=1S/C9H16N2O2/c12-9(11-4-1-5-13-11)7-10-6-8-2-3-8/h8,10H,1-7H2. The first-order chi connectivity index (χ1) is 6.36. The molecule has 2 rings (SSSR count). The van der Waals surface area contributed by atoms with Crippen molar-refractivity contribution in [3.63, 3.8) is 0 Å². The van der Waals surface area contributed by atoms with Gasteiger partial charge in [0.15, 0.2) is 0 Å². The molecule has 0 radical (unpaired) electrons. The Bertz CT molecular complexity index is 186. The van der Waals surface area contributed by atoms with Crippen molar-refractivity contribution >= 4 is 5.91 Å². The van der Waals surface area contributed by atoms with Crippen molar-refractivity contribution in [1.29, 1.82) is 0 Å². The van der Waals surface area contributed by atoms with Crippen LogP contribution < -0.4 is 5.32 Å². The lowest BCUT2D eigenvalue weighted by molar-refractivity contribution is -0.167. The number of carbonyl (C=O) groups is 1. The van der Waals surface area contributed by atoms with Gasteiger partial charge in [0.05, 0.1) is 19.7 Å². The van der Waals surface area contributed by atoms with Crippen molar-refractivity contribution in [3.8, 4) is 0 Å². The van der Waals surface area contributed by atoms with Crippen LogP contribution in [0.1, 0.15) is 19.3 Å². The molecule has 13 heavy (non-hydrogen) atoms. The zero-order valence-electron chi connectivity index (χ0n) is 7.79. The van der Waals surface area contributed by atoms with E-state index in [-0.39, 0.29) is 5.91 Å². The van der Waals surface area contributed by atoms with Crippen molar-refractivity contribution in [2.75, 3.05) is 26.2 Å². The van der Waals surface area contributed by atoms with Crippen molar-refractivity contribution in [2.24, 2.45) is 5.92 Å². The molecular formula is C9H16N2O2. The smallest absolute Gasteiger partial charge is 0.260 e. The fraction of sp³-hybridized carbons (Fsp3) is 0.889. The van der Waals surface area contributed by atoms with Gasteiger partial charge in [-0.15, -0.1) is 0 Å². The molecule has 0 aromatic carbocycles. The second kappa shape index (κ2) is 4.07. The Morgan fingerprint density at radius 2 is 2.38 bits per heavy atom. The Hall–Kier alpha value is -0.610. The third-order valence-electron chi connectivity index (χ3n) is 2.44. The molecule has 0 aromatic heterocycles. The Labute approximate surface area is 78.2 Å². The molecule has 4 nitrogen and oxygen atoms in total. The van der Waals surface area contributed by atoms with Crippen LogP contribution in [0, 0.1) is 5.92 Å². The predicted octanol–water partition coefficient (Wildman–Crippen LogP) is 0.150. The van der Waals surface area contributed by atoms with Crippen LogP contribution in [0.2, 0.25) is 0 Å². The minimum Gasteiger partial charge on any atom is -0.308 e. The molecule has 1 aliphatic carbocycles. The first-order valence-corrected chi connectivity index (χ1v) is 5.00. The van der Waals surface area contributed by atoms with E-state index in [4.69, 9.17) is 4.84 Å². The van der Waals surface area contributed by atoms with Crippen molar-refractivity contribution < 1.29 is 9.63 Å². The van der Waals surface area contributed by atoms with Gasteiger partial charge < -0.3 is 5.32 Å². The molecule has 0 spiro atoms. The molecule has 1 aliphatic heterocycles. The van der Waals surface area contributed by atoms with E-state index in [9.17, 15) is 4.79 Å². The Balaban J connectivity index is 1.59. The summed E-state index contributed by atoms with van der Waals surface area (Å²) < 4.78 is 0. The van der Waals surface area contributed by atoms with E-state index in [2.05, 4.69) is 5.32 Å². The third-order valence-corrected chi connectivity index (χ3v) is 2.44. The highest BCUT2D eigenvalue weighted by Crippen LogP contribution is 2.27. The van der Waals surface area contributed by atoms with Crippen LogP contribution >= 0.6 is 0 Å². The normalized spacial score (nSPS) is 22.3. The monoisotopic (exact) mass is 184 g/mol. The summed E-state index contributed by atoms with van der Waals surface area (Å²) in [6.45, 7) is 2.86. The van der Waals surface area contributed by atoms with Crippen LogP contribution in [-0.4, -0.2) is 37.2 Å². The van der Waals surface area contributed by atoms with Crippen LogP contribution in [0.4, 0.5) is 0 Å². The molecule has 0 bridgehead atoms. The first-order valence-electron chi connectivity index (χ1n) is 5.00. The van der Waals surface area contributed by atoms with Gasteiger partial charge in [-0.3, -0.25) is 9.63 Å². The maximum atomic E-state index is 11.4. The Kier molecular flexibility index (Phi) is 2.80. The molecule has 1 N–H and O–H groups in total. The second-order valence-electron chi connectivity index (χ2n) is 3.76. The summed E-state index contributed by atoms with van der Waals surface area (Å²) in [6.07, 6.45) is 3.61. The van der Waals surface area contributed by atoms with Crippen LogP contribution in [-0.2, 0) is 9.63 Å². The Morgan fingerprint density at radius 3 is 3.00 bits per heavy atom. The van der Waals surface area contributed by atoms with Gasteiger partial charge in [-0.2, -0.15) is 0 Å². The van der Waals surface area contributed by atoms with Crippen LogP contribution in [0.5, 0.6) is 0 Å². The van der Waals surface area contributed by atoms with E-state index < -0.39 is 0 Å². The highest BCUT2D eigenvalue weighted by Gasteiger charge is 2.22. The van der Waals surface area contributed by atoms with Gasteiger partial charge in [0.1, 0.15) is 0 Å². The zero-order valence-corrected chi connectivity index (χ0v) is 7.79. The minimum absolute atomic E-state index is 0.0677. The number of hydrogen-bond donors (Lipinski definition) is 1. The molecule has 2 fully saturated rings. The summed E-state index contributed by atoms with van der Waals surface area (Å²) in [7, 11) is 0. The number of nitrogens with zero attached hydrogens (tertiary/aromatic N) is 1. The first kappa shape index (κ1) is 8.97. The topological polar surface area (TPSA) is 41.6 Å². The SMILES string of the molecule is O=C(CNCC1CC1)N1CCCO1. The fourth-order valence-corrected chi connectivity index (χ4v) is 1.44. The van der Waals surface area contributed by atoms with Crippen molar-refractivity contribution in [1.82, 2.24) is 10.4 Å². The van der Waals surface area contributed by atoms with Crippen LogP contribution in [0.15, 0.2) is 0 Å². The number of rotatable bonds is 4. The largest absolute Gasteiger partial charge is 0.308 e. The predicted molar refractivity (Wildman–Crippen MR) is 47.9 cm³/mol. The second-order valence-corrected chi connectivity index (χ2v) is 3.76. The third kappa shape index (κ3) is 2.67. The summed E-state index contributed by atoms with van der Waals surface area (Å²) in [5.74, 6) is 0.894. The van der Waals surface area contributed by atoms with E-state index in [1.807, 2.05) is 0 Å². The molecule has 1 saturated carbocycles. The quantitative estimate of drug-likeness (QED) is 0.676. The summed E-state index contributed by atoms with van der Waals surface area (Å²) >= 11 is 0. The number of amides is 1. The van der Waals surface area contributed by atoms with Crippen molar-refractivity contribution in [3.05, 3.63) is 0 Å². The summed E-state index contributed by atoms with van der Waals surface area (Å²) in [5, 5.41) is 4.62. The van der Waals surface area contributed by atoms with Gasteiger partial charge in [0.2, 0.25) is 0 Å². The molecular weight excluding hydrogens is 168 g/mol. The van der Waals surface area contributed by atoms with Crippen molar-refractivity contribution in [2.45, 2.75) is 19.3 Å². The molecule has 0 unspecified atom stereocenters. The number of hydrogen-bond acceptors (Lipinski definition) is 3. The molecule has 0 atom stereocenters. The molecule has 74 valence electrons. The van der Waals surface area contributed by atoms with Gasteiger partial charge in [0.25, 0.3) is 5.91 Å². The van der Waals surface area contributed by atoms with Gasteiger partial charge in [0, 0.05) is 0 Å². The lowest BCUT2D eigenvalue weighted by Crippen LogP contribution is -2.36. The van der Waals surface area contributed by atoms with Gasteiger partial charge in [-0.1, -0.05) is 0 Å². The minimum atomic E-state index is 0.0677. The lowest BCUT2D eigenvalue weighted by Gasteiger charge is -2.13. The number of hydroxylamine groups is 2. The maximum absolute atomic E-state index is 11.4. The van der Waals surface area contributed by atoms with E-state index in [1.54, 1.807) is 0 Å². The number of nitrogens with one attached hydrogen (secondary N) is 1. The molecule has 0 aromatic rings. The van der Waals surface area contributed by atoms with Gasteiger partial charge >= 0.3 is 0 Å². The molecule has 4 heteroatoms. The van der Waals surface area contributed by atoms with E-state index in [0.29, 0.717) is 13.2 Å². The van der Waals surface area contributed by atoms with Crippen LogP contribution in [0.3, 0.4) is 0 Å². The Morgan fingerprint density at radius 1 is 1.54 bits per heavy atom. The zero-order chi connectivity index (χ0) is 9.10. The van der Waals surface area contributed by atoms with E-state index in [0.717, 1.165) is 25.4 Å². The maximum Gasteiger partial charge on any atom is 0.260 e. The lowest BCUT2D eigenvalue weighted by atomic mass is 10.4. The highest BCUT2D eigenvalue weighted by atomic mass is 16.7. The molecule has 2 aliphatic rings. The van der Waals surface area contributed by atoms with E-state index >= 15 is 0 Å². The average molecular weight is 184 g/mol. The molecule has 1 amide bonds. The fourth-order valence-electron chi connectivity index (χ4n) is 1.44.